The van der Waals surface area contributed by atoms with Crippen molar-refractivity contribution >= 4 is 29.7 Å². The van der Waals surface area contributed by atoms with Crippen molar-refractivity contribution in [3.63, 3.8) is 0 Å². The molecule has 0 heterocycles. The van der Waals surface area contributed by atoms with Gasteiger partial charge in [-0.2, -0.15) is 0 Å². The molecule has 8 heteroatoms. The van der Waals surface area contributed by atoms with E-state index < -0.39 is 17.7 Å². The van der Waals surface area contributed by atoms with Gasteiger partial charge in [0.2, 0.25) is 5.91 Å². The lowest BCUT2D eigenvalue weighted by atomic mass is 10.0. The van der Waals surface area contributed by atoms with Crippen molar-refractivity contribution < 1.29 is 23.8 Å². The molecule has 0 fully saturated rings. The number of rotatable bonds is 11. The third kappa shape index (κ3) is 10.2. The van der Waals surface area contributed by atoms with Gasteiger partial charge >= 0.3 is 6.09 Å². The summed E-state index contributed by atoms with van der Waals surface area (Å²) in [7, 11) is 1.59. The quantitative estimate of drug-likeness (QED) is 0.403. The number of alkyl carbamates (subject to hydrolysis) is 1. The van der Waals surface area contributed by atoms with Crippen molar-refractivity contribution in [2.75, 3.05) is 20.3 Å². The SMILES string of the molecule is COc1cc(CCNC(=O)[C@@H](NC(=O)OC(C)(C)C)C(C)C)ccc1OCC=Cc1ccc(Cl)cc1. The Morgan fingerprint density at radius 3 is 2.36 bits per heavy atom. The number of nitrogens with one attached hydrogen (secondary N) is 2. The minimum absolute atomic E-state index is 0.0946. The van der Waals surface area contributed by atoms with E-state index in [4.69, 9.17) is 25.8 Å². The first-order valence-corrected chi connectivity index (χ1v) is 12.4. The van der Waals surface area contributed by atoms with Gasteiger partial charge in [-0.1, -0.05) is 49.7 Å². The third-order valence-corrected chi connectivity index (χ3v) is 5.33. The summed E-state index contributed by atoms with van der Waals surface area (Å²) >= 11 is 5.91. The Balaban J connectivity index is 1.87. The van der Waals surface area contributed by atoms with Crippen molar-refractivity contribution in [2.45, 2.75) is 52.7 Å². The number of carbonyl (C=O) groups is 2. The lowest BCUT2D eigenvalue weighted by molar-refractivity contribution is -0.124. The fourth-order valence-corrected chi connectivity index (χ4v) is 3.42. The summed E-state index contributed by atoms with van der Waals surface area (Å²) in [6.45, 7) is 9.87. The van der Waals surface area contributed by atoms with Gasteiger partial charge in [0.15, 0.2) is 11.5 Å². The highest BCUT2D eigenvalue weighted by molar-refractivity contribution is 6.30. The zero-order valence-electron chi connectivity index (χ0n) is 21.9. The van der Waals surface area contributed by atoms with Crippen LogP contribution in [0.3, 0.4) is 0 Å². The Morgan fingerprint density at radius 1 is 1.06 bits per heavy atom. The van der Waals surface area contributed by atoms with Crippen molar-refractivity contribution in [2.24, 2.45) is 5.92 Å². The van der Waals surface area contributed by atoms with Crippen LogP contribution in [0.1, 0.15) is 45.7 Å². The predicted octanol–water partition coefficient (Wildman–Crippen LogP) is 5.65. The zero-order chi connectivity index (χ0) is 26.7. The van der Waals surface area contributed by atoms with Crippen molar-refractivity contribution in [3.8, 4) is 11.5 Å². The number of amides is 2. The zero-order valence-corrected chi connectivity index (χ0v) is 22.6. The van der Waals surface area contributed by atoms with E-state index in [0.29, 0.717) is 36.1 Å². The van der Waals surface area contributed by atoms with Gasteiger partial charge in [-0.15, -0.1) is 0 Å². The molecule has 0 saturated heterocycles. The number of hydrogen-bond donors (Lipinski definition) is 2. The fourth-order valence-electron chi connectivity index (χ4n) is 3.29. The van der Waals surface area contributed by atoms with Crippen LogP contribution in [0.5, 0.6) is 11.5 Å². The minimum Gasteiger partial charge on any atom is -0.493 e. The Kier molecular flexibility index (Phi) is 11.1. The summed E-state index contributed by atoms with van der Waals surface area (Å²) in [6, 6.07) is 12.5. The van der Waals surface area contributed by atoms with E-state index in [1.165, 1.54) is 0 Å². The van der Waals surface area contributed by atoms with Crippen LogP contribution in [-0.2, 0) is 16.0 Å². The van der Waals surface area contributed by atoms with Gasteiger partial charge in [0.25, 0.3) is 0 Å². The van der Waals surface area contributed by atoms with Crippen LogP contribution in [0.25, 0.3) is 6.08 Å². The summed E-state index contributed by atoms with van der Waals surface area (Å²) in [4.78, 5) is 24.8. The predicted molar refractivity (Wildman–Crippen MR) is 144 cm³/mol. The maximum absolute atomic E-state index is 12.7. The van der Waals surface area contributed by atoms with Gasteiger partial charge in [-0.3, -0.25) is 4.79 Å². The van der Waals surface area contributed by atoms with Gasteiger partial charge in [0.05, 0.1) is 7.11 Å². The molecule has 2 rings (SSSR count). The van der Waals surface area contributed by atoms with Gasteiger partial charge in [-0.25, -0.2) is 4.79 Å². The Morgan fingerprint density at radius 2 is 1.75 bits per heavy atom. The molecule has 0 aromatic heterocycles. The molecule has 0 unspecified atom stereocenters. The van der Waals surface area contributed by atoms with Crippen molar-refractivity contribution in [3.05, 3.63) is 64.7 Å². The average Bonchev–Trinajstić information content (AvgIpc) is 2.80. The van der Waals surface area contributed by atoms with Gasteiger partial charge in [-0.05, 0) is 74.6 Å². The smallest absolute Gasteiger partial charge is 0.408 e. The number of halogens is 1. The molecule has 0 saturated carbocycles. The number of carbonyl (C=O) groups excluding carboxylic acids is 2. The molecule has 2 amide bonds. The molecule has 0 aliphatic heterocycles. The maximum Gasteiger partial charge on any atom is 0.408 e. The molecule has 7 nitrogen and oxygen atoms in total. The summed E-state index contributed by atoms with van der Waals surface area (Å²) in [5, 5.41) is 6.26. The van der Waals surface area contributed by atoms with Crippen LogP contribution in [0.2, 0.25) is 5.02 Å². The maximum atomic E-state index is 12.7. The van der Waals surface area contributed by atoms with Crippen LogP contribution in [0, 0.1) is 5.92 Å². The topological polar surface area (TPSA) is 85.9 Å². The van der Waals surface area contributed by atoms with Crippen molar-refractivity contribution in [1.82, 2.24) is 10.6 Å². The van der Waals surface area contributed by atoms with Gasteiger partial charge in [0.1, 0.15) is 18.2 Å². The summed E-state index contributed by atoms with van der Waals surface area (Å²) in [6.07, 6.45) is 3.86. The average molecular weight is 517 g/mol. The molecular formula is C28H37ClN2O5. The van der Waals surface area contributed by atoms with E-state index in [1.54, 1.807) is 27.9 Å². The Labute approximate surface area is 219 Å². The first-order chi connectivity index (χ1) is 17.0. The highest BCUT2D eigenvalue weighted by Crippen LogP contribution is 2.28. The van der Waals surface area contributed by atoms with E-state index in [1.807, 2.05) is 68.5 Å². The second kappa shape index (κ2) is 13.8. The third-order valence-electron chi connectivity index (χ3n) is 5.08. The monoisotopic (exact) mass is 516 g/mol. The van der Waals surface area contributed by atoms with Crippen LogP contribution >= 0.6 is 11.6 Å². The van der Waals surface area contributed by atoms with E-state index in [-0.39, 0.29) is 11.8 Å². The highest BCUT2D eigenvalue weighted by Gasteiger charge is 2.26. The molecule has 0 spiro atoms. The molecule has 0 radical (unpaired) electrons. The summed E-state index contributed by atoms with van der Waals surface area (Å²) < 4.78 is 16.6. The molecule has 0 aliphatic carbocycles. The first-order valence-electron chi connectivity index (χ1n) is 12.0. The lowest BCUT2D eigenvalue weighted by Gasteiger charge is -2.25. The molecule has 0 bridgehead atoms. The van der Waals surface area contributed by atoms with E-state index in [0.717, 1.165) is 11.1 Å². The number of ether oxygens (including phenoxy) is 3. The van der Waals surface area contributed by atoms with E-state index in [2.05, 4.69) is 10.6 Å². The first kappa shape index (κ1) is 29.0. The lowest BCUT2D eigenvalue weighted by Crippen LogP contribution is -2.51. The molecule has 2 aromatic rings. The van der Waals surface area contributed by atoms with E-state index in [9.17, 15) is 9.59 Å². The fraction of sp³-hybridized carbons (Fsp3) is 0.429. The highest BCUT2D eigenvalue weighted by atomic mass is 35.5. The molecule has 196 valence electrons. The Hall–Kier alpha value is -3.19. The van der Waals surface area contributed by atoms with Crippen LogP contribution in [-0.4, -0.2) is 43.9 Å². The largest absolute Gasteiger partial charge is 0.493 e. The van der Waals surface area contributed by atoms with Crippen LogP contribution in [0.4, 0.5) is 4.79 Å². The molecule has 2 aromatic carbocycles. The van der Waals surface area contributed by atoms with Gasteiger partial charge in [0, 0.05) is 11.6 Å². The number of methoxy groups -OCH3 is 1. The molecule has 2 N–H and O–H groups in total. The summed E-state index contributed by atoms with van der Waals surface area (Å²) in [5.74, 6) is 0.899. The van der Waals surface area contributed by atoms with Crippen LogP contribution < -0.4 is 20.1 Å². The summed E-state index contributed by atoms with van der Waals surface area (Å²) in [5.41, 5.74) is 1.38. The second-order valence-corrected chi connectivity index (χ2v) is 10.1. The van der Waals surface area contributed by atoms with Crippen molar-refractivity contribution in [1.29, 1.82) is 0 Å². The molecular weight excluding hydrogens is 480 g/mol. The minimum atomic E-state index is -0.689. The number of hydrogen-bond acceptors (Lipinski definition) is 5. The van der Waals surface area contributed by atoms with Gasteiger partial charge < -0.3 is 24.8 Å². The van der Waals surface area contributed by atoms with Crippen LogP contribution in [0.15, 0.2) is 48.5 Å². The normalized spacial score (nSPS) is 12.3. The molecule has 0 aliphatic rings. The standard InChI is InChI=1S/C28H37ClN2O5/c1-19(2)25(31-27(33)36-28(3,4)5)26(32)30-16-15-21-11-14-23(24(18-21)34-6)35-17-7-8-20-9-12-22(29)13-10-20/h7-14,18-19,25H,15-17H2,1-6H3,(H,30,32)(H,31,33)/t25-/m0/s1. The Bertz CT molecular complexity index is 1030. The second-order valence-electron chi connectivity index (χ2n) is 9.66. The molecule has 1 atom stereocenters. The van der Waals surface area contributed by atoms with E-state index >= 15 is 0 Å². The molecule has 36 heavy (non-hydrogen) atoms. The number of benzene rings is 2.